The monoisotopic (exact) mass is 262 g/mol. The minimum Gasteiger partial charge on any atom is -0.294 e. The summed E-state index contributed by atoms with van der Waals surface area (Å²) in [5, 5.41) is 0.742. The lowest BCUT2D eigenvalue weighted by molar-refractivity contribution is 0.0944. The number of carbonyl (C=O) groups is 1. The molecule has 0 heterocycles. The van der Waals surface area contributed by atoms with E-state index < -0.39 is 0 Å². The molecule has 2 aliphatic carbocycles. The van der Waals surface area contributed by atoms with Gasteiger partial charge in [-0.2, -0.15) is 0 Å². The molecule has 2 fully saturated rings. The summed E-state index contributed by atoms with van der Waals surface area (Å²) in [4.78, 5) is 12.3. The SMILES string of the molecule is Cc1cc(C(=O)CC2CC3CCC2C3)ccc1Cl. The molecule has 1 nitrogen and oxygen atoms in total. The van der Waals surface area contributed by atoms with Crippen LogP contribution in [0.3, 0.4) is 0 Å². The van der Waals surface area contributed by atoms with E-state index in [0.29, 0.717) is 11.7 Å². The maximum Gasteiger partial charge on any atom is 0.163 e. The summed E-state index contributed by atoms with van der Waals surface area (Å²) in [6.45, 7) is 1.96. The maximum atomic E-state index is 12.3. The van der Waals surface area contributed by atoms with E-state index in [4.69, 9.17) is 11.6 Å². The lowest BCUT2D eigenvalue weighted by Gasteiger charge is -2.20. The molecule has 2 bridgehead atoms. The first-order valence-corrected chi connectivity index (χ1v) is 7.30. The third-order valence-corrected chi connectivity index (χ3v) is 5.24. The second-order valence-electron chi connectivity index (χ2n) is 6.03. The average molecular weight is 263 g/mol. The molecule has 3 rings (SSSR count). The molecule has 2 heteroatoms. The molecule has 3 unspecified atom stereocenters. The van der Waals surface area contributed by atoms with Gasteiger partial charge in [-0.1, -0.05) is 18.0 Å². The molecular formula is C16H19ClO. The van der Waals surface area contributed by atoms with E-state index in [1.807, 2.05) is 25.1 Å². The molecule has 0 aromatic heterocycles. The van der Waals surface area contributed by atoms with Gasteiger partial charge in [-0.15, -0.1) is 0 Å². The molecule has 0 saturated heterocycles. The fourth-order valence-electron chi connectivity index (χ4n) is 3.80. The number of carbonyl (C=O) groups excluding carboxylic acids is 1. The molecular weight excluding hydrogens is 244 g/mol. The minimum atomic E-state index is 0.298. The zero-order chi connectivity index (χ0) is 12.7. The van der Waals surface area contributed by atoms with Crippen LogP contribution in [0.5, 0.6) is 0 Å². The van der Waals surface area contributed by atoms with Gasteiger partial charge in [-0.25, -0.2) is 0 Å². The van der Waals surface area contributed by atoms with Gasteiger partial charge in [0.05, 0.1) is 0 Å². The standard InChI is InChI=1S/C16H19ClO/c1-10-6-13(4-5-15(10)17)16(18)9-14-8-11-2-3-12(14)7-11/h4-6,11-12,14H,2-3,7-9H2,1H3. The Morgan fingerprint density at radius 1 is 1.33 bits per heavy atom. The number of fused-ring (bicyclic) bond motifs is 2. The van der Waals surface area contributed by atoms with Gasteiger partial charge >= 0.3 is 0 Å². The smallest absolute Gasteiger partial charge is 0.163 e. The molecule has 0 spiro atoms. The van der Waals surface area contributed by atoms with E-state index in [0.717, 1.165) is 34.4 Å². The van der Waals surface area contributed by atoms with Crippen LogP contribution in [-0.2, 0) is 0 Å². The molecule has 2 saturated carbocycles. The largest absolute Gasteiger partial charge is 0.294 e. The van der Waals surface area contributed by atoms with Gasteiger partial charge in [0.15, 0.2) is 5.78 Å². The molecule has 1 aromatic carbocycles. The Morgan fingerprint density at radius 2 is 2.17 bits per heavy atom. The van der Waals surface area contributed by atoms with Crippen molar-refractivity contribution < 1.29 is 4.79 Å². The molecule has 18 heavy (non-hydrogen) atoms. The Kier molecular flexibility index (Phi) is 3.19. The fraction of sp³-hybridized carbons (Fsp3) is 0.562. The minimum absolute atomic E-state index is 0.298. The van der Waals surface area contributed by atoms with E-state index in [1.54, 1.807) is 0 Å². The lowest BCUT2D eigenvalue weighted by atomic mass is 9.84. The van der Waals surface area contributed by atoms with Crippen molar-refractivity contribution in [1.82, 2.24) is 0 Å². The first-order valence-electron chi connectivity index (χ1n) is 6.93. The number of hydrogen-bond donors (Lipinski definition) is 0. The van der Waals surface area contributed by atoms with E-state index in [2.05, 4.69) is 0 Å². The third kappa shape index (κ3) is 2.21. The van der Waals surface area contributed by atoms with Crippen LogP contribution in [0.4, 0.5) is 0 Å². The highest BCUT2D eigenvalue weighted by atomic mass is 35.5. The number of Topliss-reactive ketones (excluding diaryl/α,β-unsaturated/α-hetero) is 1. The van der Waals surface area contributed by atoms with Crippen LogP contribution >= 0.6 is 11.6 Å². The molecule has 1 aromatic rings. The van der Waals surface area contributed by atoms with Crippen molar-refractivity contribution in [3.63, 3.8) is 0 Å². The summed E-state index contributed by atoms with van der Waals surface area (Å²) < 4.78 is 0. The number of halogens is 1. The average Bonchev–Trinajstić information content (AvgIpc) is 2.94. The van der Waals surface area contributed by atoms with Gasteiger partial charge in [-0.05, 0) is 67.7 Å². The van der Waals surface area contributed by atoms with Crippen molar-refractivity contribution in [1.29, 1.82) is 0 Å². The van der Waals surface area contributed by atoms with Crippen LogP contribution in [-0.4, -0.2) is 5.78 Å². The van der Waals surface area contributed by atoms with E-state index in [-0.39, 0.29) is 0 Å². The van der Waals surface area contributed by atoms with Gasteiger partial charge in [-0.3, -0.25) is 4.79 Å². The van der Waals surface area contributed by atoms with Gasteiger partial charge in [0.2, 0.25) is 0 Å². The topological polar surface area (TPSA) is 17.1 Å². The van der Waals surface area contributed by atoms with Crippen LogP contribution in [0.15, 0.2) is 18.2 Å². The summed E-state index contributed by atoms with van der Waals surface area (Å²) in [7, 11) is 0. The molecule has 3 atom stereocenters. The van der Waals surface area contributed by atoms with Crippen LogP contribution < -0.4 is 0 Å². The third-order valence-electron chi connectivity index (χ3n) is 4.81. The zero-order valence-corrected chi connectivity index (χ0v) is 11.5. The Balaban J connectivity index is 1.69. The number of aryl methyl sites for hydroxylation is 1. The second kappa shape index (κ2) is 4.70. The van der Waals surface area contributed by atoms with Crippen molar-refractivity contribution in [2.75, 3.05) is 0 Å². The number of rotatable bonds is 3. The first kappa shape index (κ1) is 12.2. The van der Waals surface area contributed by atoms with Crippen LogP contribution in [0.25, 0.3) is 0 Å². The van der Waals surface area contributed by atoms with Gasteiger partial charge < -0.3 is 0 Å². The predicted octanol–water partition coefficient (Wildman–Crippen LogP) is 4.66. The summed E-state index contributed by atoms with van der Waals surface area (Å²) in [5.41, 5.74) is 1.83. The Bertz CT molecular complexity index is 480. The highest BCUT2D eigenvalue weighted by Crippen LogP contribution is 2.49. The summed E-state index contributed by atoms with van der Waals surface area (Å²) in [5.74, 6) is 2.69. The maximum absolute atomic E-state index is 12.3. The zero-order valence-electron chi connectivity index (χ0n) is 10.8. The molecule has 0 radical (unpaired) electrons. The molecule has 0 amide bonds. The highest BCUT2D eigenvalue weighted by molar-refractivity contribution is 6.31. The van der Waals surface area contributed by atoms with Crippen molar-refractivity contribution in [2.45, 2.75) is 39.0 Å². The van der Waals surface area contributed by atoms with E-state index in [1.165, 1.54) is 25.7 Å². The van der Waals surface area contributed by atoms with E-state index in [9.17, 15) is 4.79 Å². The normalized spacial score (nSPS) is 29.8. The number of benzene rings is 1. The van der Waals surface area contributed by atoms with Crippen LogP contribution in [0.1, 0.15) is 48.0 Å². The predicted molar refractivity (Wildman–Crippen MR) is 74.1 cm³/mol. The Hall–Kier alpha value is -0.820. The van der Waals surface area contributed by atoms with Crippen molar-refractivity contribution >= 4 is 17.4 Å². The summed E-state index contributed by atoms with van der Waals surface area (Å²) >= 11 is 6.00. The number of hydrogen-bond acceptors (Lipinski definition) is 1. The lowest BCUT2D eigenvalue weighted by Crippen LogP contribution is -2.15. The quantitative estimate of drug-likeness (QED) is 0.724. The highest BCUT2D eigenvalue weighted by Gasteiger charge is 2.40. The fourth-order valence-corrected chi connectivity index (χ4v) is 3.92. The molecule has 2 aliphatic rings. The van der Waals surface area contributed by atoms with Crippen LogP contribution in [0, 0.1) is 24.7 Å². The van der Waals surface area contributed by atoms with Crippen molar-refractivity contribution in [2.24, 2.45) is 17.8 Å². The van der Waals surface area contributed by atoms with Gasteiger partial charge in [0.1, 0.15) is 0 Å². The Labute approximate surface area is 114 Å². The first-order chi connectivity index (χ1) is 8.63. The molecule has 0 N–H and O–H groups in total. The van der Waals surface area contributed by atoms with Gasteiger partial charge in [0.25, 0.3) is 0 Å². The van der Waals surface area contributed by atoms with Gasteiger partial charge in [0, 0.05) is 17.0 Å². The molecule has 96 valence electrons. The summed E-state index contributed by atoms with van der Waals surface area (Å²) in [6.07, 6.45) is 6.14. The molecule has 0 aliphatic heterocycles. The Morgan fingerprint density at radius 3 is 2.78 bits per heavy atom. The van der Waals surface area contributed by atoms with Crippen molar-refractivity contribution in [3.8, 4) is 0 Å². The number of ketones is 1. The second-order valence-corrected chi connectivity index (χ2v) is 6.43. The van der Waals surface area contributed by atoms with Crippen LogP contribution in [0.2, 0.25) is 5.02 Å². The summed E-state index contributed by atoms with van der Waals surface area (Å²) in [6, 6.07) is 5.63. The van der Waals surface area contributed by atoms with E-state index >= 15 is 0 Å². The van der Waals surface area contributed by atoms with Crippen molar-refractivity contribution in [3.05, 3.63) is 34.3 Å².